The van der Waals surface area contributed by atoms with Gasteiger partial charge in [0.2, 0.25) is 11.4 Å². The Hall–Kier alpha value is -5.11. The maximum absolute atomic E-state index is 10.6. The molecule has 0 saturated carbocycles. The molecule has 14 heteroatoms. The standard InChI is InChI=1S/C41H39N3O8P3/c1-31-42-53(48-35-19-9-3-10-20-35)40(30-47-34-17-7-2-8-18-34)41(53)43-55(51-37-23-13-5-14-24-37,52-38-25-15-6-16-26-38)44-54(31,49-36-21-11-4-12-22-36)50-39-28-32(45)27-33(46)29-39/h2-29,31,40-44H,30H2,1H3/q+1/p+2. The van der Waals surface area contributed by atoms with E-state index < -0.39 is 29.3 Å². The quantitative estimate of drug-likeness (QED) is 0.0716. The molecule has 8 rings (SSSR count). The first kappa shape index (κ1) is 36.8. The zero-order chi connectivity index (χ0) is 37.7. The predicted molar refractivity (Wildman–Crippen MR) is 218 cm³/mol. The van der Waals surface area contributed by atoms with Crippen molar-refractivity contribution < 1.29 is 37.6 Å². The molecular formula is C41H41N3O8P3+3. The van der Waals surface area contributed by atoms with Gasteiger partial charge >= 0.3 is 23.5 Å². The van der Waals surface area contributed by atoms with Crippen molar-refractivity contribution in [2.75, 3.05) is 6.61 Å². The van der Waals surface area contributed by atoms with Crippen molar-refractivity contribution >= 4 is 23.5 Å². The normalized spacial score (nSPS) is 23.8. The topological polar surface area (TPSA) is 132 Å². The molecule has 280 valence electrons. The van der Waals surface area contributed by atoms with E-state index in [0.717, 1.165) is 5.75 Å². The van der Waals surface area contributed by atoms with Gasteiger partial charge in [-0.05, 0) is 67.6 Å². The van der Waals surface area contributed by atoms with Gasteiger partial charge in [0.05, 0.1) is 4.86 Å². The first-order valence-corrected chi connectivity index (χ1v) is 22.9. The van der Waals surface area contributed by atoms with Crippen molar-refractivity contribution in [1.82, 2.24) is 15.0 Å². The molecule has 0 aliphatic carbocycles. The molecule has 2 fully saturated rings. The van der Waals surface area contributed by atoms with Gasteiger partial charge in [0.15, 0.2) is 28.7 Å². The van der Waals surface area contributed by atoms with E-state index in [1.165, 1.54) is 18.2 Å². The van der Waals surface area contributed by atoms with Crippen LogP contribution >= 0.6 is 23.5 Å². The maximum Gasteiger partial charge on any atom is 0.562 e. The van der Waals surface area contributed by atoms with Crippen LogP contribution in [0.15, 0.2) is 170 Å². The second-order valence-corrected chi connectivity index (χ2v) is 20.9. The number of phenolic OH excluding ortho intramolecular Hbond substituents is 2. The molecule has 55 heavy (non-hydrogen) atoms. The molecule has 5 N–H and O–H groups in total. The van der Waals surface area contributed by atoms with E-state index in [9.17, 15) is 10.2 Å². The average molecular weight is 797 g/mol. The predicted octanol–water partition coefficient (Wildman–Crippen LogP) is 10.00. The second kappa shape index (κ2) is 15.9. The van der Waals surface area contributed by atoms with Crippen LogP contribution in [-0.4, -0.2) is 34.0 Å². The molecule has 11 nitrogen and oxygen atoms in total. The highest BCUT2D eigenvalue weighted by molar-refractivity contribution is 7.84. The van der Waals surface area contributed by atoms with Crippen molar-refractivity contribution in [3.63, 3.8) is 0 Å². The zero-order valence-electron chi connectivity index (χ0n) is 29.8. The van der Waals surface area contributed by atoms with Crippen LogP contribution in [0.2, 0.25) is 0 Å². The number of benzene rings is 6. The Morgan fingerprint density at radius 2 is 0.909 bits per heavy atom. The lowest BCUT2D eigenvalue weighted by Gasteiger charge is -2.33. The summed E-state index contributed by atoms with van der Waals surface area (Å²) in [5, 5.41) is 28.9. The van der Waals surface area contributed by atoms with E-state index >= 15 is 0 Å². The third-order valence-electron chi connectivity index (χ3n) is 8.87. The molecular weight excluding hydrogens is 755 g/mol. The van der Waals surface area contributed by atoms with E-state index in [-0.39, 0.29) is 28.7 Å². The monoisotopic (exact) mass is 796 g/mol. The van der Waals surface area contributed by atoms with Gasteiger partial charge in [0.1, 0.15) is 23.9 Å². The third kappa shape index (κ3) is 8.43. The Kier molecular flexibility index (Phi) is 10.7. The Morgan fingerprint density at radius 1 is 0.491 bits per heavy atom. The number of phenols is 2. The Bertz CT molecular complexity index is 2100. The van der Waals surface area contributed by atoms with Crippen LogP contribution in [0.25, 0.3) is 0 Å². The molecule has 2 heterocycles. The van der Waals surface area contributed by atoms with Gasteiger partial charge in [-0.3, -0.25) is 18.1 Å². The molecule has 5 atom stereocenters. The van der Waals surface area contributed by atoms with Crippen LogP contribution in [0.5, 0.6) is 46.0 Å². The highest BCUT2D eigenvalue weighted by Gasteiger charge is 2.89. The SMILES string of the molecule is CC1N[P+]2(Oc3ccccc3)C(COc3ccccc3)C2N[P+](Oc2ccccc2)(Oc2ccccc2)N[P+]1(Oc1ccccc1)Oc1cc(O)cc(O)c1. The molecule has 6 aromatic carbocycles. The molecule has 0 aromatic heterocycles. The number of fused-ring (bicyclic) bond motifs is 1. The van der Waals surface area contributed by atoms with E-state index in [1.807, 2.05) is 159 Å². The Labute approximate surface area is 321 Å². The molecule has 0 radical (unpaired) electrons. The summed E-state index contributed by atoms with van der Waals surface area (Å²) in [7, 11) is -10.0. The van der Waals surface area contributed by atoms with Gasteiger partial charge in [-0.25, -0.2) is 0 Å². The maximum atomic E-state index is 10.6. The molecule has 2 saturated heterocycles. The minimum absolute atomic E-state index is 0.161. The molecule has 2 aliphatic rings. The van der Waals surface area contributed by atoms with Crippen LogP contribution in [-0.2, 0) is 0 Å². The number of hydrogen-bond donors (Lipinski definition) is 5. The molecule has 0 bridgehead atoms. The van der Waals surface area contributed by atoms with Crippen molar-refractivity contribution in [3.8, 4) is 46.0 Å². The number of ether oxygens (including phenoxy) is 1. The lowest BCUT2D eigenvalue weighted by molar-refractivity contribution is 0.320. The summed E-state index contributed by atoms with van der Waals surface area (Å²) in [5.41, 5.74) is -0.197. The van der Waals surface area contributed by atoms with E-state index in [1.54, 1.807) is 0 Å². The van der Waals surface area contributed by atoms with Crippen LogP contribution in [0.3, 0.4) is 0 Å². The van der Waals surface area contributed by atoms with Crippen LogP contribution in [0.1, 0.15) is 6.92 Å². The average Bonchev–Trinajstić information content (AvgIpc) is 3.75. The fraction of sp³-hybridized carbons (Fsp3) is 0.122. The van der Waals surface area contributed by atoms with E-state index in [0.29, 0.717) is 29.6 Å². The highest BCUT2D eigenvalue weighted by Crippen LogP contribution is 2.86. The number of nitrogens with one attached hydrogen (secondary N) is 3. The van der Waals surface area contributed by atoms with Crippen LogP contribution < -0.4 is 42.4 Å². The van der Waals surface area contributed by atoms with Crippen molar-refractivity contribution in [1.29, 1.82) is 0 Å². The summed E-state index contributed by atoms with van der Waals surface area (Å²) in [6.07, 6.45) is 0. The fourth-order valence-electron chi connectivity index (χ4n) is 6.28. The summed E-state index contributed by atoms with van der Waals surface area (Å²) in [6.45, 7) is 2.28. The van der Waals surface area contributed by atoms with Crippen molar-refractivity contribution in [3.05, 3.63) is 170 Å². The highest BCUT2D eigenvalue weighted by atomic mass is 31.3. The van der Waals surface area contributed by atoms with Gasteiger partial charge in [-0.1, -0.05) is 96.1 Å². The smallest absolute Gasteiger partial charge is 0.508 e. The molecule has 2 aliphatic heterocycles. The zero-order valence-corrected chi connectivity index (χ0v) is 32.5. The largest absolute Gasteiger partial charge is 0.562 e. The molecule has 0 spiro atoms. The Balaban J connectivity index is 1.32. The van der Waals surface area contributed by atoms with Crippen molar-refractivity contribution in [2.24, 2.45) is 0 Å². The minimum atomic E-state index is -3.63. The van der Waals surface area contributed by atoms with Crippen LogP contribution in [0, 0.1) is 0 Å². The van der Waals surface area contributed by atoms with Gasteiger partial charge in [0.25, 0.3) is 5.78 Å². The van der Waals surface area contributed by atoms with Gasteiger partial charge in [-0.15, -0.1) is 5.09 Å². The molecule has 0 amide bonds. The van der Waals surface area contributed by atoms with Gasteiger partial charge in [-0.2, -0.15) is 0 Å². The number of hydrogen-bond acceptors (Lipinski definition) is 11. The first-order valence-electron chi connectivity index (χ1n) is 17.7. The minimum Gasteiger partial charge on any atom is -0.508 e. The summed E-state index contributed by atoms with van der Waals surface area (Å²) < 4.78 is 41.7. The van der Waals surface area contributed by atoms with Crippen LogP contribution in [0.4, 0.5) is 0 Å². The first-order chi connectivity index (χ1) is 26.8. The Morgan fingerprint density at radius 3 is 1.40 bits per heavy atom. The van der Waals surface area contributed by atoms with Gasteiger partial charge in [0, 0.05) is 18.2 Å². The lowest BCUT2D eigenvalue weighted by Crippen LogP contribution is -2.47. The number of para-hydroxylation sites is 5. The number of aromatic hydroxyl groups is 2. The molecule has 5 unspecified atom stereocenters. The fourth-order valence-corrected chi connectivity index (χ4v) is 17.7. The summed E-state index contributed by atoms with van der Waals surface area (Å²) in [4.78, 5) is 3.72. The molecule has 6 aromatic rings. The lowest BCUT2D eigenvalue weighted by atomic mass is 10.3. The third-order valence-corrected chi connectivity index (χ3v) is 18.8. The van der Waals surface area contributed by atoms with E-state index in [2.05, 4.69) is 15.0 Å². The van der Waals surface area contributed by atoms with Crippen molar-refractivity contribution in [2.45, 2.75) is 24.1 Å². The van der Waals surface area contributed by atoms with Gasteiger partial charge < -0.3 is 19.5 Å². The number of rotatable bonds is 13. The second-order valence-electron chi connectivity index (χ2n) is 12.9. The summed E-state index contributed by atoms with van der Waals surface area (Å²) >= 11 is 0. The summed E-state index contributed by atoms with van der Waals surface area (Å²) in [6, 6.07) is 51.6. The van der Waals surface area contributed by atoms with E-state index in [4.69, 9.17) is 27.4 Å². The summed E-state index contributed by atoms with van der Waals surface area (Å²) in [5.74, 6) is 1.82.